The number of nitrogens with zero attached hydrogens (tertiary/aromatic N) is 1. The Balaban J connectivity index is 1.78. The number of carbonyl (C=O) groups excluding carboxylic acids is 2. The molecule has 0 saturated carbocycles. The van der Waals surface area contributed by atoms with E-state index in [4.69, 9.17) is 0 Å². The molecule has 0 aliphatic heterocycles. The minimum absolute atomic E-state index is 0.0767. The number of benzene rings is 2. The van der Waals surface area contributed by atoms with E-state index in [9.17, 15) is 9.59 Å². The van der Waals surface area contributed by atoms with Crippen molar-refractivity contribution in [2.45, 2.75) is 33.2 Å². The van der Waals surface area contributed by atoms with Gasteiger partial charge in [0.15, 0.2) is 0 Å². The zero-order chi connectivity index (χ0) is 20.5. The molecule has 2 aromatic carbocycles. The van der Waals surface area contributed by atoms with Gasteiger partial charge in [0, 0.05) is 5.69 Å². The molecule has 5 nitrogen and oxygen atoms in total. The summed E-state index contributed by atoms with van der Waals surface area (Å²) in [4.78, 5) is 26.1. The third kappa shape index (κ3) is 7.53. The zero-order valence-corrected chi connectivity index (χ0v) is 17.2. The molecular weight excluding hydrogens is 350 g/mol. The summed E-state index contributed by atoms with van der Waals surface area (Å²) in [5.74, 6) is 0.377. The van der Waals surface area contributed by atoms with Crippen LogP contribution >= 0.6 is 0 Å². The summed E-state index contributed by atoms with van der Waals surface area (Å²) in [5, 5.41) is 5.82. The first-order chi connectivity index (χ1) is 13.3. The highest BCUT2D eigenvalue weighted by Gasteiger charge is 2.14. The molecule has 0 bridgehead atoms. The molecule has 150 valence electrons. The van der Waals surface area contributed by atoms with Crippen LogP contribution in [0.1, 0.15) is 37.9 Å². The molecule has 5 heteroatoms. The highest BCUT2D eigenvalue weighted by Crippen LogP contribution is 2.15. The van der Waals surface area contributed by atoms with Gasteiger partial charge < -0.3 is 10.6 Å². The van der Waals surface area contributed by atoms with Crippen LogP contribution in [0.15, 0.2) is 54.6 Å². The summed E-state index contributed by atoms with van der Waals surface area (Å²) in [6, 6.07) is 17.6. The van der Waals surface area contributed by atoms with Crippen molar-refractivity contribution < 1.29 is 9.59 Å². The number of anilines is 1. The van der Waals surface area contributed by atoms with Crippen molar-refractivity contribution in [3.8, 4) is 0 Å². The van der Waals surface area contributed by atoms with E-state index in [1.165, 1.54) is 5.56 Å². The topological polar surface area (TPSA) is 61.4 Å². The SMILES string of the molecule is CC(C)Cc1ccc(C(C)NC(=O)CN(C)CC(=O)Nc2ccccc2)cc1. The first kappa shape index (κ1) is 21.6. The van der Waals surface area contributed by atoms with Crippen molar-refractivity contribution in [3.05, 3.63) is 65.7 Å². The van der Waals surface area contributed by atoms with Crippen molar-refractivity contribution >= 4 is 17.5 Å². The molecule has 0 saturated heterocycles. The van der Waals surface area contributed by atoms with Crippen molar-refractivity contribution in [1.29, 1.82) is 0 Å². The van der Waals surface area contributed by atoms with Crippen LogP contribution in [0.5, 0.6) is 0 Å². The molecule has 0 aliphatic carbocycles. The first-order valence-corrected chi connectivity index (χ1v) is 9.75. The van der Waals surface area contributed by atoms with Crippen LogP contribution in [-0.2, 0) is 16.0 Å². The third-order valence-electron chi connectivity index (χ3n) is 4.39. The van der Waals surface area contributed by atoms with Crippen LogP contribution in [-0.4, -0.2) is 36.9 Å². The summed E-state index contributed by atoms with van der Waals surface area (Å²) in [6.45, 7) is 6.69. The van der Waals surface area contributed by atoms with E-state index in [2.05, 4.69) is 48.7 Å². The standard InChI is InChI=1S/C23H31N3O2/c1-17(2)14-19-10-12-20(13-11-19)18(3)24-22(27)15-26(4)16-23(28)25-21-8-6-5-7-9-21/h5-13,17-18H,14-16H2,1-4H3,(H,24,27)(H,25,28). The van der Waals surface area contributed by atoms with E-state index >= 15 is 0 Å². The predicted octanol–water partition coefficient (Wildman–Crippen LogP) is 3.63. The lowest BCUT2D eigenvalue weighted by Gasteiger charge is -2.19. The van der Waals surface area contributed by atoms with Gasteiger partial charge in [0.1, 0.15) is 0 Å². The second kappa shape index (κ2) is 10.6. The summed E-state index contributed by atoms with van der Waals surface area (Å²) >= 11 is 0. The van der Waals surface area contributed by atoms with Crippen LogP contribution < -0.4 is 10.6 Å². The number of hydrogen-bond donors (Lipinski definition) is 2. The van der Waals surface area contributed by atoms with E-state index in [0.29, 0.717) is 5.92 Å². The number of nitrogens with one attached hydrogen (secondary N) is 2. The van der Waals surface area contributed by atoms with Gasteiger partial charge in [0.25, 0.3) is 0 Å². The Labute approximate surface area is 168 Å². The Bertz CT molecular complexity index is 757. The highest BCUT2D eigenvalue weighted by molar-refractivity contribution is 5.92. The fourth-order valence-electron chi connectivity index (χ4n) is 3.05. The summed E-state index contributed by atoms with van der Waals surface area (Å²) in [7, 11) is 1.76. The Kier molecular flexibility index (Phi) is 8.20. The van der Waals surface area contributed by atoms with Gasteiger partial charge in [-0.3, -0.25) is 14.5 Å². The Morgan fingerprint density at radius 1 is 0.893 bits per heavy atom. The molecule has 1 unspecified atom stereocenters. The van der Waals surface area contributed by atoms with Gasteiger partial charge in [0.2, 0.25) is 11.8 Å². The first-order valence-electron chi connectivity index (χ1n) is 9.75. The lowest BCUT2D eigenvalue weighted by Crippen LogP contribution is -2.39. The number of hydrogen-bond acceptors (Lipinski definition) is 3. The minimum atomic E-state index is -0.143. The molecule has 0 heterocycles. The number of likely N-dealkylation sites (N-methyl/N-ethyl adjacent to an activating group) is 1. The smallest absolute Gasteiger partial charge is 0.238 e. The van der Waals surface area contributed by atoms with Crippen LogP contribution in [0, 0.1) is 5.92 Å². The van der Waals surface area contributed by atoms with E-state index in [-0.39, 0.29) is 30.9 Å². The maximum absolute atomic E-state index is 12.3. The van der Waals surface area contributed by atoms with Gasteiger partial charge in [-0.25, -0.2) is 0 Å². The molecule has 2 amide bonds. The number of amides is 2. The van der Waals surface area contributed by atoms with Crippen molar-refractivity contribution in [1.82, 2.24) is 10.2 Å². The Morgan fingerprint density at radius 2 is 1.50 bits per heavy atom. The van der Waals surface area contributed by atoms with E-state index < -0.39 is 0 Å². The van der Waals surface area contributed by atoms with E-state index in [1.54, 1.807) is 11.9 Å². The monoisotopic (exact) mass is 381 g/mol. The molecular formula is C23H31N3O2. The number of para-hydroxylation sites is 1. The maximum Gasteiger partial charge on any atom is 0.238 e. The molecule has 0 spiro atoms. The molecule has 0 aliphatic rings. The Hall–Kier alpha value is -2.66. The lowest BCUT2D eigenvalue weighted by atomic mass is 10.00. The summed E-state index contributed by atoms with van der Waals surface area (Å²) in [5.41, 5.74) is 3.13. The lowest BCUT2D eigenvalue weighted by molar-refractivity contribution is -0.123. The maximum atomic E-state index is 12.3. The molecule has 0 radical (unpaired) electrons. The largest absolute Gasteiger partial charge is 0.348 e. The van der Waals surface area contributed by atoms with Crippen LogP contribution in [0.2, 0.25) is 0 Å². The van der Waals surface area contributed by atoms with Gasteiger partial charge in [-0.05, 0) is 49.6 Å². The second-order valence-electron chi connectivity index (χ2n) is 7.72. The molecule has 2 aromatic rings. The van der Waals surface area contributed by atoms with Crippen molar-refractivity contribution in [2.75, 3.05) is 25.5 Å². The predicted molar refractivity (Wildman–Crippen MR) is 114 cm³/mol. The van der Waals surface area contributed by atoms with Crippen molar-refractivity contribution in [2.24, 2.45) is 5.92 Å². The fraction of sp³-hybridized carbons (Fsp3) is 0.391. The van der Waals surface area contributed by atoms with Crippen molar-refractivity contribution in [3.63, 3.8) is 0 Å². The molecule has 28 heavy (non-hydrogen) atoms. The quantitative estimate of drug-likeness (QED) is 0.697. The van der Waals surface area contributed by atoms with E-state index in [0.717, 1.165) is 17.7 Å². The Morgan fingerprint density at radius 3 is 2.11 bits per heavy atom. The molecule has 2 N–H and O–H groups in total. The number of rotatable bonds is 9. The van der Waals surface area contributed by atoms with Gasteiger partial charge in [-0.1, -0.05) is 56.3 Å². The second-order valence-corrected chi connectivity index (χ2v) is 7.72. The molecule has 2 rings (SSSR count). The highest BCUT2D eigenvalue weighted by atomic mass is 16.2. The number of carbonyl (C=O) groups is 2. The van der Waals surface area contributed by atoms with Gasteiger partial charge in [0.05, 0.1) is 19.1 Å². The average molecular weight is 382 g/mol. The van der Waals surface area contributed by atoms with Gasteiger partial charge in [-0.2, -0.15) is 0 Å². The summed E-state index contributed by atoms with van der Waals surface area (Å²) in [6.07, 6.45) is 1.05. The zero-order valence-electron chi connectivity index (χ0n) is 17.2. The molecule has 0 aromatic heterocycles. The van der Waals surface area contributed by atoms with E-state index in [1.807, 2.05) is 37.3 Å². The van der Waals surface area contributed by atoms with Gasteiger partial charge >= 0.3 is 0 Å². The third-order valence-corrected chi connectivity index (χ3v) is 4.39. The summed E-state index contributed by atoms with van der Waals surface area (Å²) < 4.78 is 0. The molecule has 0 fully saturated rings. The fourth-order valence-corrected chi connectivity index (χ4v) is 3.05. The van der Waals surface area contributed by atoms with Gasteiger partial charge in [-0.15, -0.1) is 0 Å². The average Bonchev–Trinajstić information content (AvgIpc) is 2.62. The van der Waals surface area contributed by atoms with Crippen LogP contribution in [0.4, 0.5) is 5.69 Å². The van der Waals surface area contributed by atoms with Crippen LogP contribution in [0.25, 0.3) is 0 Å². The molecule has 1 atom stereocenters. The minimum Gasteiger partial charge on any atom is -0.348 e. The van der Waals surface area contributed by atoms with Crippen LogP contribution in [0.3, 0.4) is 0 Å². The normalized spacial score (nSPS) is 12.1.